The maximum Gasteiger partial charge on any atom is 0.0324 e. The van der Waals surface area contributed by atoms with Gasteiger partial charge in [0.25, 0.3) is 0 Å². The summed E-state index contributed by atoms with van der Waals surface area (Å²) in [6.07, 6.45) is 6.35. The molecule has 2 rings (SSSR count). The maximum absolute atomic E-state index is 4.38. The SMILES string of the molecule is C=C(C)/N=C\C1=C(C)C1c1ccccc1P(=C)(C)C. The Kier molecular flexibility index (Phi) is 3.69. The molecule has 0 bridgehead atoms. The third kappa shape index (κ3) is 2.98. The Morgan fingerprint density at radius 2 is 1.95 bits per heavy atom. The predicted molar refractivity (Wildman–Crippen MR) is 90.7 cm³/mol. The first-order valence-corrected chi connectivity index (χ1v) is 9.37. The van der Waals surface area contributed by atoms with Crippen molar-refractivity contribution in [1.29, 1.82) is 0 Å². The van der Waals surface area contributed by atoms with Crippen LogP contribution in [0, 0.1) is 0 Å². The Labute approximate surface area is 116 Å². The van der Waals surface area contributed by atoms with Crippen LogP contribution < -0.4 is 5.30 Å². The molecular formula is C17H22NP. The highest BCUT2D eigenvalue weighted by Gasteiger charge is 2.35. The van der Waals surface area contributed by atoms with Crippen molar-refractivity contribution in [2.45, 2.75) is 19.8 Å². The second-order valence-electron chi connectivity index (χ2n) is 5.81. The van der Waals surface area contributed by atoms with Gasteiger partial charge in [-0.3, -0.25) is 4.99 Å². The van der Waals surface area contributed by atoms with Gasteiger partial charge in [-0.1, -0.05) is 49.6 Å². The summed E-state index contributed by atoms with van der Waals surface area (Å²) in [6, 6.07) is 8.70. The maximum atomic E-state index is 4.38. The fraction of sp³-hybridized carbons (Fsp3) is 0.294. The molecule has 0 heterocycles. The van der Waals surface area contributed by atoms with Gasteiger partial charge in [-0.05, 0) is 43.6 Å². The van der Waals surface area contributed by atoms with Crippen LogP contribution in [-0.2, 0) is 0 Å². The summed E-state index contributed by atoms with van der Waals surface area (Å²) >= 11 is 0. The van der Waals surface area contributed by atoms with Crippen molar-refractivity contribution >= 4 is 24.7 Å². The summed E-state index contributed by atoms with van der Waals surface area (Å²) < 4.78 is 0. The highest BCUT2D eigenvalue weighted by Crippen LogP contribution is 2.49. The Hall–Kier alpha value is -1.33. The van der Waals surface area contributed by atoms with E-state index in [1.54, 1.807) is 0 Å². The van der Waals surface area contributed by atoms with E-state index in [1.165, 1.54) is 22.0 Å². The highest BCUT2D eigenvalue weighted by atomic mass is 31.2. The lowest BCUT2D eigenvalue weighted by Gasteiger charge is -2.18. The predicted octanol–water partition coefficient (Wildman–Crippen LogP) is 4.04. The first kappa shape index (κ1) is 14.1. The van der Waals surface area contributed by atoms with E-state index in [2.05, 4.69) is 62.4 Å². The van der Waals surface area contributed by atoms with Crippen LogP contribution in [0.4, 0.5) is 0 Å². The minimum Gasteiger partial charge on any atom is -0.262 e. The number of hydrogen-bond donors (Lipinski definition) is 0. The van der Waals surface area contributed by atoms with Crippen molar-refractivity contribution in [3.8, 4) is 0 Å². The Balaban J connectivity index is 2.32. The molecule has 0 aromatic heterocycles. The summed E-state index contributed by atoms with van der Waals surface area (Å²) in [5.41, 5.74) is 5.02. The van der Waals surface area contributed by atoms with Crippen LogP contribution in [0.5, 0.6) is 0 Å². The quantitative estimate of drug-likeness (QED) is 0.579. The van der Waals surface area contributed by atoms with E-state index in [1.807, 2.05) is 13.1 Å². The molecule has 1 nitrogen and oxygen atoms in total. The topological polar surface area (TPSA) is 12.4 Å². The van der Waals surface area contributed by atoms with Gasteiger partial charge in [0, 0.05) is 17.8 Å². The van der Waals surface area contributed by atoms with Crippen molar-refractivity contribution < 1.29 is 0 Å². The number of hydrogen-bond acceptors (Lipinski definition) is 1. The lowest BCUT2D eigenvalue weighted by atomic mass is 10.1. The van der Waals surface area contributed by atoms with Crippen LogP contribution in [0.3, 0.4) is 0 Å². The Morgan fingerprint density at radius 1 is 1.32 bits per heavy atom. The van der Waals surface area contributed by atoms with Gasteiger partial charge < -0.3 is 0 Å². The molecule has 2 heteroatoms. The average Bonchev–Trinajstić information content (AvgIpc) is 2.96. The first-order valence-electron chi connectivity index (χ1n) is 6.50. The van der Waals surface area contributed by atoms with Crippen LogP contribution in [0.1, 0.15) is 25.3 Å². The lowest BCUT2D eigenvalue weighted by Crippen LogP contribution is -2.10. The second-order valence-corrected chi connectivity index (χ2v) is 9.66. The van der Waals surface area contributed by atoms with Crippen LogP contribution >= 0.6 is 6.89 Å². The molecule has 1 aromatic carbocycles. The van der Waals surface area contributed by atoms with E-state index in [0.29, 0.717) is 5.92 Å². The van der Waals surface area contributed by atoms with Crippen molar-refractivity contribution in [3.63, 3.8) is 0 Å². The normalized spacial score (nSPS) is 19.1. The van der Waals surface area contributed by atoms with Gasteiger partial charge in [0.2, 0.25) is 0 Å². The first-order chi connectivity index (χ1) is 8.82. The largest absolute Gasteiger partial charge is 0.262 e. The molecule has 0 amide bonds. The van der Waals surface area contributed by atoms with Gasteiger partial charge in [-0.15, -0.1) is 0 Å². The molecular weight excluding hydrogens is 249 g/mol. The molecule has 1 aromatic rings. The molecule has 0 N–H and O–H groups in total. The number of nitrogens with zero attached hydrogens (tertiary/aromatic N) is 1. The molecule has 0 radical (unpaired) electrons. The van der Waals surface area contributed by atoms with Crippen molar-refractivity contribution in [3.05, 3.63) is 53.3 Å². The van der Waals surface area contributed by atoms with E-state index < -0.39 is 6.89 Å². The van der Waals surface area contributed by atoms with Gasteiger partial charge in [-0.25, -0.2) is 0 Å². The van der Waals surface area contributed by atoms with Crippen LogP contribution in [0.15, 0.2) is 52.7 Å². The van der Waals surface area contributed by atoms with Gasteiger partial charge in [-0.2, -0.15) is 0 Å². The van der Waals surface area contributed by atoms with Gasteiger partial charge in [0.1, 0.15) is 0 Å². The van der Waals surface area contributed by atoms with Crippen LogP contribution in [0.2, 0.25) is 0 Å². The third-order valence-corrected chi connectivity index (χ3v) is 5.15. The summed E-state index contributed by atoms with van der Waals surface area (Å²) in [7, 11) is 0. The number of benzene rings is 1. The summed E-state index contributed by atoms with van der Waals surface area (Å²) in [5.74, 6) is 0.445. The van der Waals surface area contributed by atoms with Gasteiger partial charge in [0.05, 0.1) is 0 Å². The van der Waals surface area contributed by atoms with Crippen LogP contribution in [-0.4, -0.2) is 25.8 Å². The fourth-order valence-electron chi connectivity index (χ4n) is 2.39. The number of rotatable bonds is 4. The molecule has 0 aliphatic heterocycles. The fourth-order valence-corrected chi connectivity index (χ4v) is 3.78. The summed E-state index contributed by atoms with van der Waals surface area (Å²) in [6.45, 7) is 11.2. The van der Waals surface area contributed by atoms with Gasteiger partial charge >= 0.3 is 0 Å². The number of allylic oxidation sites excluding steroid dienone is 3. The minimum absolute atomic E-state index is 0.445. The standard InChI is InChI=1S/C17H22NP/c1-12(2)18-11-15-13(3)17(15)14-9-7-8-10-16(14)19(4,5)6/h7-11,17H,1,4H2,2-3,5-6H3/b18-11-. The lowest BCUT2D eigenvalue weighted by molar-refractivity contribution is 1.17. The Morgan fingerprint density at radius 3 is 2.53 bits per heavy atom. The van der Waals surface area contributed by atoms with Crippen molar-refractivity contribution in [1.82, 2.24) is 0 Å². The van der Waals surface area contributed by atoms with E-state index in [9.17, 15) is 0 Å². The molecule has 100 valence electrons. The molecule has 1 unspecified atom stereocenters. The zero-order valence-electron chi connectivity index (χ0n) is 12.3. The molecule has 1 aliphatic rings. The molecule has 0 saturated carbocycles. The van der Waals surface area contributed by atoms with Crippen molar-refractivity contribution in [2.75, 3.05) is 13.3 Å². The van der Waals surface area contributed by atoms with E-state index >= 15 is 0 Å². The van der Waals surface area contributed by atoms with E-state index in [0.717, 1.165) is 5.70 Å². The minimum atomic E-state index is -1.25. The molecule has 1 atom stereocenters. The van der Waals surface area contributed by atoms with E-state index in [-0.39, 0.29) is 0 Å². The zero-order valence-corrected chi connectivity index (χ0v) is 13.2. The average molecular weight is 271 g/mol. The number of aliphatic imine (C=N–C) groups is 1. The molecule has 0 spiro atoms. The Bertz CT molecular complexity index is 628. The van der Waals surface area contributed by atoms with Crippen LogP contribution in [0.25, 0.3) is 0 Å². The van der Waals surface area contributed by atoms with E-state index in [4.69, 9.17) is 0 Å². The third-order valence-electron chi connectivity index (χ3n) is 3.44. The summed E-state index contributed by atoms with van der Waals surface area (Å²) in [5, 5.41) is 1.43. The smallest absolute Gasteiger partial charge is 0.0324 e. The van der Waals surface area contributed by atoms with Gasteiger partial charge in [0.15, 0.2) is 0 Å². The highest BCUT2D eigenvalue weighted by molar-refractivity contribution is 7.79. The molecule has 0 saturated heterocycles. The summed E-state index contributed by atoms with van der Waals surface area (Å²) in [4.78, 5) is 4.32. The monoisotopic (exact) mass is 271 g/mol. The molecule has 1 aliphatic carbocycles. The van der Waals surface area contributed by atoms with Crippen molar-refractivity contribution in [2.24, 2.45) is 4.99 Å². The zero-order chi connectivity index (χ0) is 14.2. The molecule has 0 fully saturated rings. The molecule has 19 heavy (non-hydrogen) atoms. The second kappa shape index (κ2) is 4.98.